The van der Waals surface area contributed by atoms with Crippen molar-refractivity contribution in [3.8, 4) is 0 Å². The topological polar surface area (TPSA) is 61.8 Å². The molecule has 0 saturated carbocycles. The van der Waals surface area contributed by atoms with E-state index in [1.54, 1.807) is 27.7 Å². The second-order valence-corrected chi connectivity index (χ2v) is 6.24. The molecule has 0 rings (SSSR count). The van der Waals surface area contributed by atoms with Gasteiger partial charge < -0.3 is 14.2 Å². The quantitative estimate of drug-likeness (QED) is 0.695. The number of carbonyl (C=O) groups excluding carboxylic acids is 2. The Morgan fingerprint density at radius 2 is 1.53 bits per heavy atom. The molecule has 0 saturated heterocycles. The van der Waals surface area contributed by atoms with Gasteiger partial charge in [0.15, 0.2) is 0 Å². The second kappa shape index (κ2) is 6.89. The summed E-state index contributed by atoms with van der Waals surface area (Å²) >= 11 is 0. The minimum atomic E-state index is -0.986. The van der Waals surface area contributed by atoms with Crippen LogP contribution in [-0.4, -0.2) is 38.4 Å². The molecule has 5 heteroatoms. The molecule has 0 fully saturated rings. The Morgan fingerprint density at radius 3 is 1.89 bits per heavy atom. The van der Waals surface area contributed by atoms with Crippen molar-refractivity contribution in [1.29, 1.82) is 0 Å². The van der Waals surface area contributed by atoms with Gasteiger partial charge in [0.05, 0.1) is 25.2 Å². The highest BCUT2D eigenvalue weighted by atomic mass is 16.6. The SMILES string of the molecule is COC(=O)C(C)(COC(=O)C(C)(C)C)COC(C)C. The van der Waals surface area contributed by atoms with E-state index >= 15 is 0 Å². The largest absolute Gasteiger partial charge is 0.468 e. The van der Waals surface area contributed by atoms with E-state index in [0.29, 0.717) is 0 Å². The lowest BCUT2D eigenvalue weighted by molar-refractivity contribution is -0.169. The molecule has 19 heavy (non-hydrogen) atoms. The van der Waals surface area contributed by atoms with Crippen LogP contribution >= 0.6 is 0 Å². The maximum absolute atomic E-state index is 11.8. The first-order valence-corrected chi connectivity index (χ1v) is 6.40. The van der Waals surface area contributed by atoms with Crippen LogP contribution in [0.2, 0.25) is 0 Å². The normalized spacial score (nSPS) is 14.9. The highest BCUT2D eigenvalue weighted by molar-refractivity contribution is 5.78. The van der Waals surface area contributed by atoms with Gasteiger partial charge in [-0.15, -0.1) is 0 Å². The lowest BCUT2D eigenvalue weighted by Crippen LogP contribution is -2.41. The Balaban J connectivity index is 4.69. The van der Waals surface area contributed by atoms with E-state index < -0.39 is 16.8 Å². The number of carbonyl (C=O) groups is 2. The minimum absolute atomic E-state index is 0.0118. The predicted octanol–water partition coefficient (Wildman–Crippen LogP) is 2.18. The summed E-state index contributed by atoms with van der Waals surface area (Å²) in [5.74, 6) is -0.804. The lowest BCUT2D eigenvalue weighted by Gasteiger charge is -2.28. The lowest BCUT2D eigenvalue weighted by atomic mass is 9.92. The van der Waals surface area contributed by atoms with Gasteiger partial charge in [-0.1, -0.05) is 0 Å². The molecule has 0 aliphatic carbocycles. The zero-order valence-corrected chi connectivity index (χ0v) is 13.0. The van der Waals surface area contributed by atoms with E-state index in [4.69, 9.17) is 14.2 Å². The van der Waals surface area contributed by atoms with Crippen LogP contribution in [0.15, 0.2) is 0 Å². The molecule has 0 aromatic rings. The van der Waals surface area contributed by atoms with Crippen LogP contribution in [0.5, 0.6) is 0 Å². The summed E-state index contributed by atoms with van der Waals surface area (Å²) in [6.45, 7) is 10.8. The highest BCUT2D eigenvalue weighted by Gasteiger charge is 2.38. The van der Waals surface area contributed by atoms with E-state index in [2.05, 4.69) is 0 Å². The summed E-state index contributed by atoms with van der Waals surface area (Å²) in [6, 6.07) is 0. The van der Waals surface area contributed by atoms with Gasteiger partial charge in [0.2, 0.25) is 0 Å². The third-order valence-corrected chi connectivity index (χ3v) is 2.55. The molecule has 1 unspecified atom stereocenters. The first-order chi connectivity index (χ1) is 8.53. The maximum Gasteiger partial charge on any atom is 0.317 e. The van der Waals surface area contributed by atoms with E-state index in [-0.39, 0.29) is 25.3 Å². The highest BCUT2D eigenvalue weighted by Crippen LogP contribution is 2.23. The van der Waals surface area contributed by atoms with Crippen molar-refractivity contribution in [1.82, 2.24) is 0 Å². The van der Waals surface area contributed by atoms with Crippen LogP contribution in [0, 0.1) is 10.8 Å². The van der Waals surface area contributed by atoms with E-state index in [1.165, 1.54) is 7.11 Å². The van der Waals surface area contributed by atoms with Crippen molar-refractivity contribution in [3.05, 3.63) is 0 Å². The molecule has 0 bridgehead atoms. The molecule has 0 amide bonds. The fraction of sp³-hybridized carbons (Fsp3) is 0.857. The van der Waals surface area contributed by atoms with Gasteiger partial charge in [0, 0.05) is 0 Å². The van der Waals surface area contributed by atoms with Crippen LogP contribution in [0.4, 0.5) is 0 Å². The number of esters is 2. The van der Waals surface area contributed by atoms with Gasteiger partial charge in [-0.3, -0.25) is 9.59 Å². The van der Waals surface area contributed by atoms with Crippen LogP contribution in [0.25, 0.3) is 0 Å². The summed E-state index contributed by atoms with van der Waals surface area (Å²) in [7, 11) is 1.31. The fourth-order valence-electron chi connectivity index (χ4n) is 1.20. The maximum atomic E-state index is 11.8. The molecular weight excluding hydrogens is 248 g/mol. The molecular formula is C14H26O5. The number of methoxy groups -OCH3 is 1. The molecule has 0 radical (unpaired) electrons. The third kappa shape index (κ3) is 6.05. The molecule has 1 atom stereocenters. The monoisotopic (exact) mass is 274 g/mol. The summed E-state index contributed by atoms with van der Waals surface area (Å²) < 4.78 is 15.4. The van der Waals surface area contributed by atoms with Gasteiger partial charge in [-0.25, -0.2) is 0 Å². The van der Waals surface area contributed by atoms with Crippen molar-refractivity contribution in [3.63, 3.8) is 0 Å². The van der Waals surface area contributed by atoms with Crippen molar-refractivity contribution in [2.75, 3.05) is 20.3 Å². The number of hydrogen-bond acceptors (Lipinski definition) is 5. The van der Waals surface area contributed by atoms with Crippen LogP contribution in [-0.2, 0) is 23.8 Å². The molecule has 0 spiro atoms. The Hall–Kier alpha value is -1.10. The van der Waals surface area contributed by atoms with Crippen LogP contribution < -0.4 is 0 Å². The number of hydrogen-bond donors (Lipinski definition) is 0. The zero-order chi connectivity index (χ0) is 15.3. The molecule has 0 heterocycles. The molecule has 0 aromatic heterocycles. The number of ether oxygens (including phenoxy) is 3. The van der Waals surface area contributed by atoms with Crippen molar-refractivity contribution in [2.24, 2.45) is 10.8 Å². The Kier molecular flexibility index (Phi) is 6.49. The van der Waals surface area contributed by atoms with Crippen LogP contribution in [0.3, 0.4) is 0 Å². The van der Waals surface area contributed by atoms with Crippen LogP contribution in [0.1, 0.15) is 41.5 Å². The smallest absolute Gasteiger partial charge is 0.317 e. The molecule has 0 N–H and O–H groups in total. The Labute approximate surface area is 115 Å². The number of rotatable bonds is 6. The first-order valence-electron chi connectivity index (χ1n) is 6.40. The predicted molar refractivity (Wildman–Crippen MR) is 71.6 cm³/mol. The Morgan fingerprint density at radius 1 is 1.00 bits per heavy atom. The Bertz CT molecular complexity index is 316. The van der Waals surface area contributed by atoms with Gasteiger partial charge >= 0.3 is 11.9 Å². The zero-order valence-electron chi connectivity index (χ0n) is 13.0. The van der Waals surface area contributed by atoms with Crippen molar-refractivity contribution >= 4 is 11.9 Å². The summed E-state index contributed by atoms with van der Waals surface area (Å²) in [4.78, 5) is 23.6. The minimum Gasteiger partial charge on any atom is -0.468 e. The molecule has 5 nitrogen and oxygen atoms in total. The van der Waals surface area contributed by atoms with Crippen molar-refractivity contribution in [2.45, 2.75) is 47.6 Å². The summed E-state index contributed by atoms with van der Waals surface area (Å²) in [5, 5.41) is 0. The van der Waals surface area contributed by atoms with Crippen molar-refractivity contribution < 1.29 is 23.8 Å². The van der Waals surface area contributed by atoms with E-state index in [0.717, 1.165) is 0 Å². The van der Waals surface area contributed by atoms with Gasteiger partial charge in [-0.2, -0.15) is 0 Å². The molecule has 0 aromatic carbocycles. The van der Waals surface area contributed by atoms with E-state index in [9.17, 15) is 9.59 Å². The average molecular weight is 274 g/mol. The van der Waals surface area contributed by atoms with Gasteiger partial charge in [0.25, 0.3) is 0 Å². The standard InChI is InChI=1S/C14H26O5/c1-10(2)18-8-14(6,12(16)17-7)9-19-11(15)13(3,4)5/h10H,8-9H2,1-7H3. The first kappa shape index (κ1) is 17.9. The van der Waals surface area contributed by atoms with Gasteiger partial charge in [0.1, 0.15) is 12.0 Å². The van der Waals surface area contributed by atoms with Gasteiger partial charge in [-0.05, 0) is 41.5 Å². The summed E-state index contributed by atoms with van der Waals surface area (Å²) in [6.07, 6.45) is -0.0118. The summed E-state index contributed by atoms with van der Waals surface area (Å²) in [5.41, 5.74) is -1.59. The molecule has 112 valence electrons. The third-order valence-electron chi connectivity index (χ3n) is 2.55. The molecule has 0 aliphatic rings. The second-order valence-electron chi connectivity index (χ2n) is 6.24. The van der Waals surface area contributed by atoms with E-state index in [1.807, 2.05) is 13.8 Å². The fourth-order valence-corrected chi connectivity index (χ4v) is 1.20. The molecule has 0 aliphatic heterocycles. The average Bonchev–Trinajstić information content (AvgIpc) is 2.31.